The van der Waals surface area contributed by atoms with Gasteiger partial charge in [0, 0.05) is 23.6 Å². The summed E-state index contributed by atoms with van der Waals surface area (Å²) >= 11 is 5.89. The molecule has 2 aromatic carbocycles. The largest absolute Gasteiger partial charge is 0.496 e. The standard InChI is InChI=1S/C21H21ClFN5O2/c1-28(21(6-7-21)20(24)29)10-12-8-13-16(9-17(12)30-2)25-11-26-19(13)27-15-5-3-4-14(22)18(15)23/h3-5,8-9,11H,6-7,10H2,1-2H3,(H2,24,29)(H,25,26,27). The second kappa shape index (κ2) is 7.70. The van der Waals surface area contributed by atoms with E-state index in [1.165, 1.54) is 12.4 Å². The van der Waals surface area contributed by atoms with Crippen LogP contribution >= 0.6 is 11.6 Å². The number of primary amides is 1. The molecule has 30 heavy (non-hydrogen) atoms. The highest BCUT2D eigenvalue weighted by Crippen LogP contribution is 2.42. The number of halogens is 2. The normalized spacial score (nSPS) is 14.7. The van der Waals surface area contributed by atoms with Crippen LogP contribution in [0.15, 0.2) is 36.7 Å². The van der Waals surface area contributed by atoms with Gasteiger partial charge in [0.05, 0.1) is 23.3 Å². The fourth-order valence-corrected chi connectivity index (χ4v) is 3.79. The molecule has 9 heteroatoms. The van der Waals surface area contributed by atoms with Crippen molar-refractivity contribution >= 4 is 39.9 Å². The highest BCUT2D eigenvalue weighted by Gasteiger charge is 2.51. The predicted octanol–water partition coefficient (Wildman–Crippen LogP) is 3.62. The highest BCUT2D eigenvalue weighted by atomic mass is 35.5. The van der Waals surface area contributed by atoms with Crippen LogP contribution < -0.4 is 15.8 Å². The van der Waals surface area contributed by atoms with Gasteiger partial charge in [-0.25, -0.2) is 14.4 Å². The minimum atomic E-state index is -0.613. The van der Waals surface area contributed by atoms with E-state index in [0.29, 0.717) is 29.0 Å². The third-order valence-electron chi connectivity index (χ3n) is 5.56. The number of carbonyl (C=O) groups is 1. The third-order valence-corrected chi connectivity index (χ3v) is 5.85. The Bertz CT molecular complexity index is 1140. The Morgan fingerprint density at radius 1 is 1.37 bits per heavy atom. The van der Waals surface area contributed by atoms with Crippen LogP contribution in [0.25, 0.3) is 10.9 Å². The molecule has 0 bridgehead atoms. The van der Waals surface area contributed by atoms with Crippen molar-refractivity contribution in [1.29, 1.82) is 0 Å². The molecule has 1 aromatic heterocycles. The Morgan fingerprint density at radius 2 is 2.13 bits per heavy atom. The number of nitrogens with one attached hydrogen (secondary N) is 1. The number of fused-ring (bicyclic) bond motifs is 1. The maximum Gasteiger partial charge on any atom is 0.237 e. The number of nitrogens with two attached hydrogens (primary N) is 1. The molecular weight excluding hydrogens is 409 g/mol. The van der Waals surface area contributed by atoms with E-state index in [2.05, 4.69) is 15.3 Å². The predicted molar refractivity (Wildman–Crippen MR) is 113 cm³/mol. The summed E-state index contributed by atoms with van der Waals surface area (Å²) in [5.41, 5.74) is 6.67. The number of hydrogen-bond donors (Lipinski definition) is 2. The van der Waals surface area contributed by atoms with E-state index < -0.39 is 11.4 Å². The lowest BCUT2D eigenvalue weighted by Gasteiger charge is -2.26. The van der Waals surface area contributed by atoms with Crippen LogP contribution in [0.1, 0.15) is 18.4 Å². The van der Waals surface area contributed by atoms with Crippen molar-refractivity contribution in [2.45, 2.75) is 24.9 Å². The fourth-order valence-electron chi connectivity index (χ4n) is 3.61. The van der Waals surface area contributed by atoms with Crippen LogP contribution in [0.2, 0.25) is 5.02 Å². The van der Waals surface area contributed by atoms with E-state index >= 15 is 0 Å². The molecule has 7 nitrogen and oxygen atoms in total. The summed E-state index contributed by atoms with van der Waals surface area (Å²) in [4.78, 5) is 22.4. The van der Waals surface area contributed by atoms with Crippen LogP contribution in [0, 0.1) is 5.82 Å². The molecule has 1 aliphatic carbocycles. The van der Waals surface area contributed by atoms with Crippen LogP contribution in [0.5, 0.6) is 5.75 Å². The molecule has 0 spiro atoms. The van der Waals surface area contributed by atoms with E-state index in [0.717, 1.165) is 18.4 Å². The maximum absolute atomic E-state index is 14.4. The molecule has 3 aromatic rings. The van der Waals surface area contributed by atoms with Gasteiger partial charge in [0.25, 0.3) is 0 Å². The van der Waals surface area contributed by atoms with Crippen LogP contribution in [-0.4, -0.2) is 40.5 Å². The van der Waals surface area contributed by atoms with E-state index in [9.17, 15) is 9.18 Å². The second-order valence-electron chi connectivity index (χ2n) is 7.38. The summed E-state index contributed by atoms with van der Waals surface area (Å²) in [6.07, 6.45) is 2.86. The van der Waals surface area contributed by atoms with Gasteiger partial charge in [-0.15, -0.1) is 0 Å². The van der Waals surface area contributed by atoms with Gasteiger partial charge in [0.1, 0.15) is 23.4 Å². The minimum absolute atomic E-state index is 0.0172. The Hall–Kier alpha value is -2.97. The highest BCUT2D eigenvalue weighted by molar-refractivity contribution is 6.31. The van der Waals surface area contributed by atoms with Crippen molar-refractivity contribution in [1.82, 2.24) is 14.9 Å². The Balaban J connectivity index is 1.74. The summed E-state index contributed by atoms with van der Waals surface area (Å²) < 4.78 is 19.9. The van der Waals surface area contributed by atoms with Crippen molar-refractivity contribution in [3.63, 3.8) is 0 Å². The molecular formula is C21H21ClFN5O2. The Morgan fingerprint density at radius 3 is 2.80 bits per heavy atom. The van der Waals surface area contributed by atoms with Gasteiger partial charge in [0.2, 0.25) is 5.91 Å². The quantitative estimate of drug-likeness (QED) is 0.595. The molecule has 0 saturated heterocycles. The first-order chi connectivity index (χ1) is 14.4. The van der Waals surface area contributed by atoms with Crippen LogP contribution in [0.4, 0.5) is 15.9 Å². The molecule has 1 aliphatic rings. The lowest BCUT2D eigenvalue weighted by Crippen LogP contribution is -2.44. The third kappa shape index (κ3) is 3.53. The van der Waals surface area contributed by atoms with Crippen molar-refractivity contribution < 1.29 is 13.9 Å². The molecule has 3 N–H and O–H groups in total. The number of carbonyl (C=O) groups excluding carboxylic acids is 1. The number of benzene rings is 2. The summed E-state index contributed by atoms with van der Waals surface area (Å²) in [5, 5.41) is 3.70. The number of anilines is 2. The first-order valence-electron chi connectivity index (χ1n) is 9.39. The van der Waals surface area contributed by atoms with Crippen molar-refractivity contribution in [3.05, 3.63) is 53.1 Å². The number of nitrogens with zero attached hydrogens (tertiary/aromatic N) is 3. The monoisotopic (exact) mass is 429 g/mol. The molecule has 0 unspecified atom stereocenters. The molecule has 1 saturated carbocycles. The van der Waals surface area contributed by atoms with E-state index in [-0.39, 0.29) is 16.6 Å². The average molecular weight is 430 g/mol. The SMILES string of the molecule is COc1cc2ncnc(Nc3cccc(Cl)c3F)c2cc1CN(C)C1(C(N)=O)CC1. The van der Waals surface area contributed by atoms with Gasteiger partial charge in [0.15, 0.2) is 5.82 Å². The zero-order valence-corrected chi connectivity index (χ0v) is 17.3. The number of amides is 1. The van der Waals surface area contributed by atoms with Crippen molar-refractivity contribution in [2.24, 2.45) is 5.73 Å². The molecule has 0 radical (unpaired) electrons. The second-order valence-corrected chi connectivity index (χ2v) is 7.79. The zero-order chi connectivity index (χ0) is 21.5. The van der Waals surface area contributed by atoms with E-state index in [1.807, 2.05) is 18.0 Å². The van der Waals surface area contributed by atoms with Gasteiger partial charge in [-0.1, -0.05) is 17.7 Å². The number of ether oxygens (including phenoxy) is 1. The van der Waals surface area contributed by atoms with Crippen LogP contribution in [-0.2, 0) is 11.3 Å². The first kappa shape index (κ1) is 20.3. The Kier molecular flexibility index (Phi) is 5.21. The van der Waals surface area contributed by atoms with Gasteiger partial charge < -0.3 is 15.8 Å². The first-order valence-corrected chi connectivity index (χ1v) is 9.77. The number of aromatic nitrogens is 2. The molecule has 1 amide bonds. The topological polar surface area (TPSA) is 93.4 Å². The van der Waals surface area contributed by atoms with E-state index in [4.69, 9.17) is 22.1 Å². The zero-order valence-electron chi connectivity index (χ0n) is 16.6. The summed E-state index contributed by atoms with van der Waals surface area (Å²) in [6, 6.07) is 8.39. The van der Waals surface area contributed by atoms with Gasteiger partial charge in [-0.3, -0.25) is 9.69 Å². The average Bonchev–Trinajstić information content (AvgIpc) is 3.53. The number of likely N-dealkylation sites (N-methyl/N-ethyl adjacent to an activating group) is 1. The van der Waals surface area contributed by atoms with Gasteiger partial charge in [-0.05, 0) is 38.1 Å². The van der Waals surface area contributed by atoms with E-state index in [1.54, 1.807) is 25.3 Å². The minimum Gasteiger partial charge on any atom is -0.496 e. The lowest BCUT2D eigenvalue weighted by molar-refractivity contribution is -0.124. The lowest BCUT2D eigenvalue weighted by atomic mass is 10.1. The maximum atomic E-state index is 14.4. The molecule has 156 valence electrons. The van der Waals surface area contributed by atoms with Crippen molar-refractivity contribution in [2.75, 3.05) is 19.5 Å². The van der Waals surface area contributed by atoms with Crippen molar-refractivity contribution in [3.8, 4) is 5.75 Å². The summed E-state index contributed by atoms with van der Waals surface area (Å²) in [5.74, 6) is 0.181. The fraction of sp³-hybridized carbons (Fsp3) is 0.286. The van der Waals surface area contributed by atoms with Gasteiger partial charge in [-0.2, -0.15) is 0 Å². The van der Waals surface area contributed by atoms with Crippen LogP contribution in [0.3, 0.4) is 0 Å². The molecule has 1 heterocycles. The summed E-state index contributed by atoms with van der Waals surface area (Å²) in [6.45, 7) is 0.446. The molecule has 0 aliphatic heterocycles. The summed E-state index contributed by atoms with van der Waals surface area (Å²) in [7, 11) is 3.44. The Labute approximate surface area is 178 Å². The number of rotatable bonds is 7. The molecule has 1 fully saturated rings. The molecule has 4 rings (SSSR count). The smallest absolute Gasteiger partial charge is 0.237 e. The van der Waals surface area contributed by atoms with Gasteiger partial charge >= 0.3 is 0 Å². The number of hydrogen-bond acceptors (Lipinski definition) is 6. The number of methoxy groups -OCH3 is 1. The molecule has 0 atom stereocenters.